The lowest BCUT2D eigenvalue weighted by atomic mass is 10.1. The first kappa shape index (κ1) is 20.9. The van der Waals surface area contributed by atoms with Crippen molar-refractivity contribution in [2.75, 3.05) is 26.2 Å². The molecule has 0 atom stereocenters. The van der Waals surface area contributed by atoms with Crippen LogP contribution in [0, 0.1) is 0 Å². The summed E-state index contributed by atoms with van der Waals surface area (Å²) in [6.45, 7) is 14.3. The molecule has 0 heterocycles. The Balaban J connectivity index is 4.81. The predicted molar refractivity (Wildman–Crippen MR) is 101 cm³/mol. The number of allylic oxidation sites excluding steroid dienone is 1. The van der Waals surface area contributed by atoms with E-state index in [1.807, 2.05) is 0 Å². The molecule has 0 saturated carbocycles. The van der Waals surface area contributed by atoms with Gasteiger partial charge in [-0.05, 0) is 71.1 Å². The fraction of sp³-hybridized carbons (Fsp3) is 0.889. The fourth-order valence-electron chi connectivity index (χ4n) is 3.15. The molecule has 0 spiro atoms. The predicted octanol–water partition coefficient (Wildman–Crippen LogP) is 3.61. The molecule has 3 heteroatoms. The van der Waals surface area contributed by atoms with E-state index in [1.165, 1.54) is 81.4 Å². The normalized spacial score (nSPS) is 12.5. The first-order chi connectivity index (χ1) is 10.2. The van der Waals surface area contributed by atoms with Gasteiger partial charge in [0.1, 0.15) is 0 Å². The number of nitrogens with zero attached hydrogens (tertiary/aromatic N) is 2. The maximum absolute atomic E-state index is 2.75. The minimum absolute atomic E-state index is 0.660. The molecule has 0 amide bonds. The molecule has 0 aliphatic carbocycles. The monoisotopic (exact) mass is 312 g/mol. The van der Waals surface area contributed by atoms with Gasteiger partial charge in [0, 0.05) is 10.2 Å². The molecule has 0 unspecified atom stereocenters. The van der Waals surface area contributed by atoms with Crippen molar-refractivity contribution in [1.82, 2.24) is 9.80 Å². The van der Waals surface area contributed by atoms with Crippen LogP contribution in [0.25, 0.3) is 0 Å². The van der Waals surface area contributed by atoms with Gasteiger partial charge >= 0.3 is 0 Å². The highest BCUT2D eigenvalue weighted by Crippen LogP contribution is 2.16. The summed E-state index contributed by atoms with van der Waals surface area (Å²) in [4.78, 5) is 5.49. The standard InChI is InChI=1S/C18H40N2Si/c1-5-13-19(14-6-2)18(12-10-9-11-17-21)20(15-7-3)16-8-4/h11,17-18H,5-10,12-16H2,1-4,21H3. The molecule has 0 aliphatic heterocycles. The van der Waals surface area contributed by atoms with Gasteiger partial charge in [-0.1, -0.05) is 33.8 Å². The Hall–Kier alpha value is -0.123. The van der Waals surface area contributed by atoms with Gasteiger partial charge in [-0.25, -0.2) is 0 Å². The second-order valence-electron chi connectivity index (χ2n) is 6.05. The fourth-order valence-corrected chi connectivity index (χ4v) is 3.48. The number of rotatable bonds is 14. The zero-order valence-corrected chi connectivity index (χ0v) is 17.4. The smallest absolute Gasteiger partial charge is 0.0622 e. The van der Waals surface area contributed by atoms with Crippen LogP contribution in [0.4, 0.5) is 0 Å². The lowest BCUT2D eigenvalue weighted by Crippen LogP contribution is -2.49. The van der Waals surface area contributed by atoms with E-state index in [1.54, 1.807) is 0 Å². The highest BCUT2D eigenvalue weighted by Gasteiger charge is 2.22. The van der Waals surface area contributed by atoms with Crippen molar-refractivity contribution >= 4 is 10.2 Å². The molecule has 0 aromatic carbocycles. The quantitative estimate of drug-likeness (QED) is 0.275. The molecule has 0 rings (SSSR count). The van der Waals surface area contributed by atoms with E-state index < -0.39 is 0 Å². The zero-order valence-electron chi connectivity index (χ0n) is 15.4. The van der Waals surface area contributed by atoms with Crippen molar-refractivity contribution in [2.45, 2.75) is 78.8 Å². The summed E-state index contributed by atoms with van der Waals surface area (Å²) in [6, 6.07) is 0. The maximum atomic E-state index is 2.75. The molecular formula is C18H40N2Si. The topological polar surface area (TPSA) is 6.48 Å². The van der Waals surface area contributed by atoms with E-state index in [9.17, 15) is 0 Å². The summed E-state index contributed by atoms with van der Waals surface area (Å²) in [6.07, 6.45) is 12.0. The third-order valence-corrected chi connectivity index (χ3v) is 4.43. The van der Waals surface area contributed by atoms with Gasteiger partial charge < -0.3 is 0 Å². The van der Waals surface area contributed by atoms with Crippen LogP contribution >= 0.6 is 0 Å². The van der Waals surface area contributed by atoms with E-state index in [0.717, 1.165) is 0 Å². The van der Waals surface area contributed by atoms with Crippen LogP contribution in [0.3, 0.4) is 0 Å². The summed E-state index contributed by atoms with van der Waals surface area (Å²) in [5.74, 6) is 0. The molecular weight excluding hydrogens is 272 g/mol. The second kappa shape index (κ2) is 14.8. The first-order valence-corrected chi connectivity index (χ1v) is 10.5. The lowest BCUT2D eigenvalue weighted by Gasteiger charge is -2.40. The van der Waals surface area contributed by atoms with Crippen LogP contribution in [0.15, 0.2) is 11.8 Å². The Labute approximate surface area is 137 Å². The SMILES string of the molecule is CCCN(CCC)C(CCCC=C[SiH3])N(CCC)CCC. The van der Waals surface area contributed by atoms with Crippen LogP contribution in [0.1, 0.15) is 72.6 Å². The van der Waals surface area contributed by atoms with Crippen LogP contribution < -0.4 is 0 Å². The Kier molecular flexibility index (Phi) is 14.7. The van der Waals surface area contributed by atoms with E-state index in [4.69, 9.17) is 0 Å². The molecule has 0 saturated heterocycles. The average Bonchev–Trinajstić information content (AvgIpc) is 2.47. The Morgan fingerprint density at radius 2 is 1.24 bits per heavy atom. The molecule has 126 valence electrons. The lowest BCUT2D eigenvalue weighted by molar-refractivity contribution is 0.0336. The van der Waals surface area contributed by atoms with Gasteiger partial charge in [0.15, 0.2) is 0 Å². The van der Waals surface area contributed by atoms with Crippen LogP contribution in [-0.4, -0.2) is 52.4 Å². The maximum Gasteiger partial charge on any atom is 0.0622 e. The number of unbranched alkanes of at least 4 members (excludes halogenated alkanes) is 1. The molecule has 0 bridgehead atoms. The Morgan fingerprint density at radius 1 is 0.810 bits per heavy atom. The van der Waals surface area contributed by atoms with E-state index >= 15 is 0 Å². The van der Waals surface area contributed by atoms with Crippen molar-refractivity contribution in [2.24, 2.45) is 0 Å². The van der Waals surface area contributed by atoms with Crippen molar-refractivity contribution < 1.29 is 0 Å². The molecule has 2 nitrogen and oxygen atoms in total. The number of hydrogen-bond donors (Lipinski definition) is 0. The van der Waals surface area contributed by atoms with Crippen molar-refractivity contribution in [3.05, 3.63) is 11.8 Å². The van der Waals surface area contributed by atoms with Crippen LogP contribution in [-0.2, 0) is 0 Å². The largest absolute Gasteiger partial charge is 0.288 e. The third kappa shape index (κ3) is 9.49. The molecule has 0 radical (unpaired) electrons. The molecule has 0 aromatic rings. The third-order valence-electron chi connectivity index (χ3n) is 3.96. The van der Waals surface area contributed by atoms with Crippen molar-refractivity contribution in [3.63, 3.8) is 0 Å². The minimum atomic E-state index is 0.660. The van der Waals surface area contributed by atoms with Gasteiger partial charge in [0.05, 0.1) is 6.17 Å². The minimum Gasteiger partial charge on any atom is -0.288 e. The van der Waals surface area contributed by atoms with Gasteiger partial charge in [-0.2, -0.15) is 0 Å². The van der Waals surface area contributed by atoms with Gasteiger partial charge in [-0.15, -0.1) is 5.70 Å². The summed E-state index contributed by atoms with van der Waals surface area (Å²) in [7, 11) is 1.20. The van der Waals surface area contributed by atoms with Crippen molar-refractivity contribution in [3.8, 4) is 0 Å². The first-order valence-electron chi connectivity index (χ1n) is 9.34. The summed E-state index contributed by atoms with van der Waals surface area (Å²) < 4.78 is 0. The zero-order chi connectivity index (χ0) is 15.9. The average molecular weight is 313 g/mol. The van der Waals surface area contributed by atoms with E-state index in [-0.39, 0.29) is 0 Å². The number of hydrogen-bond acceptors (Lipinski definition) is 2. The summed E-state index contributed by atoms with van der Waals surface area (Å²) in [5, 5.41) is 0. The Bertz CT molecular complexity index is 215. The molecule has 0 N–H and O–H groups in total. The summed E-state index contributed by atoms with van der Waals surface area (Å²) in [5.41, 5.74) is 2.32. The highest BCUT2D eigenvalue weighted by atomic mass is 28.1. The Morgan fingerprint density at radius 3 is 1.57 bits per heavy atom. The highest BCUT2D eigenvalue weighted by molar-refractivity contribution is 6.16. The second-order valence-corrected chi connectivity index (χ2v) is 6.72. The molecule has 0 aliphatic rings. The van der Waals surface area contributed by atoms with Gasteiger partial charge in [0.25, 0.3) is 0 Å². The van der Waals surface area contributed by atoms with Gasteiger partial charge in [0.2, 0.25) is 0 Å². The molecule has 21 heavy (non-hydrogen) atoms. The summed E-state index contributed by atoms with van der Waals surface area (Å²) >= 11 is 0. The van der Waals surface area contributed by atoms with Crippen LogP contribution in [0.5, 0.6) is 0 Å². The van der Waals surface area contributed by atoms with Gasteiger partial charge in [-0.3, -0.25) is 9.80 Å². The van der Waals surface area contributed by atoms with E-state index in [2.05, 4.69) is 49.3 Å². The molecule has 0 fully saturated rings. The van der Waals surface area contributed by atoms with Crippen LogP contribution in [0.2, 0.25) is 0 Å². The van der Waals surface area contributed by atoms with E-state index in [0.29, 0.717) is 6.17 Å². The molecule has 0 aromatic heterocycles. The van der Waals surface area contributed by atoms with Crippen molar-refractivity contribution in [1.29, 1.82) is 0 Å².